The van der Waals surface area contributed by atoms with Gasteiger partial charge >= 0.3 is 6.61 Å². The number of ether oxygens (including phenoxy) is 2. The number of alkyl halides is 2. The molecule has 0 bridgehead atoms. The minimum Gasteiger partial charge on any atom is -0.493 e. The van der Waals surface area contributed by atoms with E-state index in [1.54, 1.807) is 23.5 Å². The fourth-order valence-electron chi connectivity index (χ4n) is 2.34. The number of benzene rings is 1. The quantitative estimate of drug-likeness (QED) is 0.600. The van der Waals surface area contributed by atoms with Crippen molar-refractivity contribution in [1.29, 1.82) is 0 Å². The fourth-order valence-corrected chi connectivity index (χ4v) is 3.98. The fraction of sp³-hybridized carbons (Fsp3) is 0.222. The Hall–Kier alpha value is -2.52. The van der Waals surface area contributed by atoms with E-state index in [1.165, 1.54) is 24.5 Å². The van der Waals surface area contributed by atoms with Crippen LogP contribution in [0.25, 0.3) is 9.88 Å². The van der Waals surface area contributed by atoms with Crippen molar-refractivity contribution in [3.8, 4) is 21.4 Å². The van der Waals surface area contributed by atoms with E-state index >= 15 is 0 Å². The third kappa shape index (κ3) is 5.24. The Bertz CT molecular complexity index is 898. The Labute approximate surface area is 162 Å². The highest BCUT2D eigenvalue weighted by Gasteiger charge is 2.12. The zero-order valence-electron chi connectivity index (χ0n) is 14.3. The molecule has 1 aromatic carbocycles. The first kappa shape index (κ1) is 19.2. The predicted octanol–water partition coefficient (Wildman–Crippen LogP) is 4.34. The van der Waals surface area contributed by atoms with Crippen molar-refractivity contribution in [2.75, 3.05) is 7.11 Å². The summed E-state index contributed by atoms with van der Waals surface area (Å²) in [6.45, 7) is -2.69. The van der Waals surface area contributed by atoms with Gasteiger partial charge in [-0.05, 0) is 29.1 Å². The molecule has 142 valence electrons. The second-order valence-electron chi connectivity index (χ2n) is 5.44. The van der Waals surface area contributed by atoms with Gasteiger partial charge in [-0.2, -0.15) is 8.78 Å². The van der Waals surface area contributed by atoms with Crippen molar-refractivity contribution in [2.45, 2.75) is 19.6 Å². The van der Waals surface area contributed by atoms with Gasteiger partial charge in [0.25, 0.3) is 0 Å². The molecule has 0 unspecified atom stereocenters. The van der Waals surface area contributed by atoms with Crippen LogP contribution in [0.2, 0.25) is 0 Å². The molecule has 2 heterocycles. The third-order valence-electron chi connectivity index (χ3n) is 3.56. The molecule has 0 aliphatic heterocycles. The van der Waals surface area contributed by atoms with E-state index in [4.69, 9.17) is 4.74 Å². The highest BCUT2D eigenvalue weighted by atomic mass is 32.1. The first-order chi connectivity index (χ1) is 13.0. The first-order valence-corrected chi connectivity index (χ1v) is 9.68. The van der Waals surface area contributed by atoms with E-state index in [-0.39, 0.29) is 30.4 Å². The standard InChI is InChI=1S/C18H16F2N2O3S2/c1-24-14-7-11(4-5-13(14)25-18(19)20)9-21-16(23)8-12-10-27-17(22-12)15-3-2-6-26-15/h2-7,10,18H,8-9H2,1H3,(H,21,23). The van der Waals surface area contributed by atoms with E-state index in [1.807, 2.05) is 22.9 Å². The maximum Gasteiger partial charge on any atom is 0.387 e. The minimum absolute atomic E-state index is 0.0499. The summed E-state index contributed by atoms with van der Waals surface area (Å²) in [5, 5.41) is 7.53. The Morgan fingerprint density at radius 3 is 2.81 bits per heavy atom. The van der Waals surface area contributed by atoms with Crippen molar-refractivity contribution in [3.05, 3.63) is 52.3 Å². The summed E-state index contributed by atoms with van der Waals surface area (Å²) in [6, 6.07) is 8.48. The van der Waals surface area contributed by atoms with Crippen LogP contribution in [-0.2, 0) is 17.8 Å². The van der Waals surface area contributed by atoms with E-state index in [9.17, 15) is 13.6 Å². The number of nitrogens with one attached hydrogen (secondary N) is 1. The minimum atomic E-state index is -2.93. The number of amides is 1. The molecule has 0 atom stereocenters. The Balaban J connectivity index is 1.56. The molecule has 2 aromatic heterocycles. The third-order valence-corrected chi connectivity index (χ3v) is 5.49. The lowest BCUT2D eigenvalue weighted by atomic mass is 10.2. The number of thiazole rings is 1. The maximum atomic E-state index is 12.4. The molecule has 9 heteroatoms. The Kier molecular flexibility index (Phi) is 6.36. The molecule has 0 saturated heterocycles. The van der Waals surface area contributed by atoms with Gasteiger partial charge in [0.2, 0.25) is 5.91 Å². The normalized spacial score (nSPS) is 10.8. The smallest absolute Gasteiger partial charge is 0.387 e. The van der Waals surface area contributed by atoms with Crippen molar-refractivity contribution in [2.24, 2.45) is 0 Å². The van der Waals surface area contributed by atoms with Crippen LogP contribution in [0.15, 0.2) is 41.1 Å². The van der Waals surface area contributed by atoms with Gasteiger partial charge in [-0.15, -0.1) is 22.7 Å². The number of rotatable bonds is 8. The number of hydrogen-bond acceptors (Lipinski definition) is 6. The molecule has 5 nitrogen and oxygen atoms in total. The van der Waals surface area contributed by atoms with Crippen molar-refractivity contribution in [1.82, 2.24) is 10.3 Å². The largest absolute Gasteiger partial charge is 0.493 e. The van der Waals surface area contributed by atoms with Gasteiger partial charge < -0.3 is 14.8 Å². The summed E-state index contributed by atoms with van der Waals surface area (Å²) in [5.74, 6) is -0.0433. The lowest BCUT2D eigenvalue weighted by Gasteiger charge is -2.11. The molecule has 0 aliphatic rings. The van der Waals surface area contributed by atoms with E-state index in [0.717, 1.165) is 9.88 Å². The summed E-state index contributed by atoms with van der Waals surface area (Å²) in [5.41, 5.74) is 1.42. The maximum absolute atomic E-state index is 12.4. The lowest BCUT2D eigenvalue weighted by Crippen LogP contribution is -2.24. The number of methoxy groups -OCH3 is 1. The average molecular weight is 410 g/mol. The van der Waals surface area contributed by atoms with Crippen LogP contribution in [-0.4, -0.2) is 24.6 Å². The van der Waals surface area contributed by atoms with Crippen LogP contribution in [0.5, 0.6) is 11.5 Å². The molecule has 0 saturated carbocycles. The second kappa shape index (κ2) is 8.92. The molecule has 0 radical (unpaired) electrons. The molecule has 1 N–H and O–H groups in total. The van der Waals surface area contributed by atoms with E-state index < -0.39 is 6.61 Å². The first-order valence-electron chi connectivity index (χ1n) is 7.92. The average Bonchev–Trinajstić information content (AvgIpc) is 3.32. The SMILES string of the molecule is COc1cc(CNC(=O)Cc2csc(-c3cccs3)n2)ccc1OC(F)F. The molecule has 3 aromatic rings. The Morgan fingerprint density at radius 2 is 2.11 bits per heavy atom. The van der Waals surface area contributed by atoms with Gasteiger partial charge in [0.1, 0.15) is 5.01 Å². The van der Waals surface area contributed by atoms with Crippen LogP contribution < -0.4 is 14.8 Å². The van der Waals surface area contributed by atoms with E-state index in [2.05, 4.69) is 15.0 Å². The molecule has 27 heavy (non-hydrogen) atoms. The molecule has 1 amide bonds. The van der Waals surface area contributed by atoms with Gasteiger partial charge in [0, 0.05) is 11.9 Å². The number of halogens is 2. The van der Waals surface area contributed by atoms with Gasteiger partial charge in [0.05, 0.1) is 24.1 Å². The van der Waals surface area contributed by atoms with Crippen LogP contribution in [0, 0.1) is 0 Å². The number of carbonyl (C=O) groups is 1. The molecule has 0 fully saturated rings. The molecule has 3 rings (SSSR count). The van der Waals surface area contributed by atoms with Crippen LogP contribution in [0.3, 0.4) is 0 Å². The second-order valence-corrected chi connectivity index (χ2v) is 7.24. The van der Waals surface area contributed by atoms with Crippen molar-refractivity contribution >= 4 is 28.6 Å². The zero-order valence-corrected chi connectivity index (χ0v) is 15.9. The Morgan fingerprint density at radius 1 is 1.26 bits per heavy atom. The van der Waals surface area contributed by atoms with Gasteiger partial charge in [-0.3, -0.25) is 4.79 Å². The van der Waals surface area contributed by atoms with E-state index in [0.29, 0.717) is 11.3 Å². The lowest BCUT2D eigenvalue weighted by molar-refractivity contribution is -0.120. The number of thiophene rings is 1. The molecular weight excluding hydrogens is 394 g/mol. The zero-order chi connectivity index (χ0) is 19.2. The summed E-state index contributed by atoms with van der Waals surface area (Å²) in [4.78, 5) is 17.7. The molecule has 0 spiro atoms. The van der Waals surface area contributed by atoms with Crippen LogP contribution in [0.4, 0.5) is 8.78 Å². The number of hydrogen-bond donors (Lipinski definition) is 1. The van der Waals surface area contributed by atoms with Crippen molar-refractivity contribution < 1.29 is 23.0 Å². The highest BCUT2D eigenvalue weighted by molar-refractivity contribution is 7.20. The van der Waals surface area contributed by atoms with Crippen molar-refractivity contribution in [3.63, 3.8) is 0 Å². The summed E-state index contributed by atoms with van der Waals surface area (Å²) in [7, 11) is 1.36. The molecule has 0 aliphatic carbocycles. The van der Waals surface area contributed by atoms with Gasteiger partial charge in [-0.25, -0.2) is 4.98 Å². The topological polar surface area (TPSA) is 60.5 Å². The molecular formula is C18H16F2N2O3S2. The predicted molar refractivity (Wildman–Crippen MR) is 101 cm³/mol. The summed E-state index contributed by atoms with van der Waals surface area (Å²) < 4.78 is 34.1. The number of carbonyl (C=O) groups excluding carboxylic acids is 1. The van der Waals surface area contributed by atoms with Gasteiger partial charge in [-0.1, -0.05) is 12.1 Å². The number of aromatic nitrogens is 1. The van der Waals surface area contributed by atoms with Crippen LogP contribution in [0.1, 0.15) is 11.3 Å². The van der Waals surface area contributed by atoms with Crippen LogP contribution >= 0.6 is 22.7 Å². The summed E-state index contributed by atoms with van der Waals surface area (Å²) in [6.07, 6.45) is 0.172. The summed E-state index contributed by atoms with van der Waals surface area (Å²) >= 11 is 3.10. The number of nitrogens with zero attached hydrogens (tertiary/aromatic N) is 1. The van der Waals surface area contributed by atoms with Gasteiger partial charge in [0.15, 0.2) is 11.5 Å². The monoisotopic (exact) mass is 410 g/mol. The highest BCUT2D eigenvalue weighted by Crippen LogP contribution is 2.30.